The SMILES string of the molecule is CCC(O)CC(C)OC(=O)C(C)OC(=O)C(C)O. The molecule has 4 atom stereocenters. The van der Waals surface area contributed by atoms with Gasteiger partial charge < -0.3 is 19.7 Å². The van der Waals surface area contributed by atoms with Gasteiger partial charge in [-0.1, -0.05) is 6.92 Å². The molecule has 0 saturated heterocycles. The molecule has 0 aliphatic carbocycles. The fourth-order valence-corrected chi connectivity index (χ4v) is 1.21. The lowest BCUT2D eigenvalue weighted by atomic mass is 10.1. The third kappa shape index (κ3) is 6.56. The zero-order valence-corrected chi connectivity index (χ0v) is 11.3. The number of aliphatic hydroxyl groups excluding tert-OH is 2. The van der Waals surface area contributed by atoms with Gasteiger partial charge in [-0.05, 0) is 27.2 Å². The molecule has 0 amide bonds. The highest BCUT2D eigenvalue weighted by molar-refractivity contribution is 5.80. The second-order valence-corrected chi connectivity index (χ2v) is 4.30. The van der Waals surface area contributed by atoms with Crippen LogP contribution < -0.4 is 0 Å². The summed E-state index contributed by atoms with van der Waals surface area (Å²) in [7, 11) is 0. The molecule has 0 saturated carbocycles. The van der Waals surface area contributed by atoms with E-state index in [0.717, 1.165) is 0 Å². The van der Waals surface area contributed by atoms with E-state index in [2.05, 4.69) is 4.74 Å². The topological polar surface area (TPSA) is 93.1 Å². The lowest BCUT2D eigenvalue weighted by Gasteiger charge is -2.19. The first-order valence-corrected chi connectivity index (χ1v) is 6.05. The number of aliphatic hydroxyl groups is 2. The number of rotatable bonds is 7. The van der Waals surface area contributed by atoms with Crippen molar-refractivity contribution < 1.29 is 29.3 Å². The Kier molecular flexibility index (Phi) is 7.54. The van der Waals surface area contributed by atoms with E-state index >= 15 is 0 Å². The first-order valence-electron chi connectivity index (χ1n) is 6.05. The van der Waals surface area contributed by atoms with Crippen LogP contribution in [0.1, 0.15) is 40.5 Å². The van der Waals surface area contributed by atoms with E-state index in [0.29, 0.717) is 12.8 Å². The summed E-state index contributed by atoms with van der Waals surface area (Å²) in [4.78, 5) is 22.6. The summed E-state index contributed by atoms with van der Waals surface area (Å²) in [5.74, 6) is -1.57. The van der Waals surface area contributed by atoms with Crippen LogP contribution in [0, 0.1) is 0 Å². The van der Waals surface area contributed by atoms with Gasteiger partial charge in [-0.15, -0.1) is 0 Å². The van der Waals surface area contributed by atoms with Crippen LogP contribution in [-0.4, -0.2) is 46.6 Å². The van der Waals surface area contributed by atoms with Gasteiger partial charge in [0.25, 0.3) is 0 Å². The molecule has 6 nitrogen and oxygen atoms in total. The van der Waals surface area contributed by atoms with Gasteiger partial charge in [0, 0.05) is 6.42 Å². The average Bonchev–Trinajstić information content (AvgIpc) is 2.27. The van der Waals surface area contributed by atoms with Gasteiger partial charge in [0.05, 0.1) is 6.10 Å². The molecule has 0 aromatic rings. The van der Waals surface area contributed by atoms with E-state index in [1.165, 1.54) is 13.8 Å². The van der Waals surface area contributed by atoms with E-state index < -0.39 is 36.4 Å². The number of ether oxygens (including phenoxy) is 2. The van der Waals surface area contributed by atoms with E-state index in [1.807, 2.05) is 6.92 Å². The molecular formula is C12H22O6. The van der Waals surface area contributed by atoms with Crippen LogP contribution in [0.2, 0.25) is 0 Å². The Labute approximate surface area is 107 Å². The van der Waals surface area contributed by atoms with Crippen LogP contribution >= 0.6 is 0 Å². The minimum Gasteiger partial charge on any atom is -0.460 e. The summed E-state index contributed by atoms with van der Waals surface area (Å²) >= 11 is 0. The zero-order valence-electron chi connectivity index (χ0n) is 11.3. The van der Waals surface area contributed by atoms with Gasteiger partial charge >= 0.3 is 11.9 Å². The molecule has 2 N–H and O–H groups in total. The molecule has 0 aliphatic rings. The van der Waals surface area contributed by atoms with Gasteiger partial charge in [-0.2, -0.15) is 0 Å². The van der Waals surface area contributed by atoms with Crippen molar-refractivity contribution in [1.29, 1.82) is 0 Å². The van der Waals surface area contributed by atoms with Crippen molar-refractivity contribution >= 4 is 11.9 Å². The maximum Gasteiger partial charge on any atom is 0.347 e. The fourth-order valence-electron chi connectivity index (χ4n) is 1.21. The molecule has 4 unspecified atom stereocenters. The second kappa shape index (κ2) is 8.05. The maximum absolute atomic E-state index is 11.5. The van der Waals surface area contributed by atoms with Crippen LogP contribution in [0.4, 0.5) is 0 Å². The minimum atomic E-state index is -1.28. The molecule has 0 spiro atoms. The monoisotopic (exact) mass is 262 g/mol. The van der Waals surface area contributed by atoms with Crippen molar-refractivity contribution in [2.75, 3.05) is 0 Å². The van der Waals surface area contributed by atoms with Crippen molar-refractivity contribution in [3.05, 3.63) is 0 Å². The summed E-state index contributed by atoms with van der Waals surface area (Å²) in [5, 5.41) is 18.3. The lowest BCUT2D eigenvalue weighted by molar-refractivity contribution is -0.174. The maximum atomic E-state index is 11.5. The van der Waals surface area contributed by atoms with Crippen molar-refractivity contribution in [2.24, 2.45) is 0 Å². The molecule has 106 valence electrons. The third-order valence-corrected chi connectivity index (χ3v) is 2.36. The summed E-state index contributed by atoms with van der Waals surface area (Å²) < 4.78 is 9.69. The Morgan fingerprint density at radius 3 is 2.06 bits per heavy atom. The molecular weight excluding hydrogens is 240 g/mol. The molecule has 18 heavy (non-hydrogen) atoms. The highest BCUT2D eigenvalue weighted by Crippen LogP contribution is 2.08. The molecule has 0 bridgehead atoms. The second-order valence-electron chi connectivity index (χ2n) is 4.30. The molecule has 0 radical (unpaired) electrons. The average molecular weight is 262 g/mol. The zero-order chi connectivity index (χ0) is 14.3. The molecule has 0 aromatic carbocycles. The molecule has 6 heteroatoms. The minimum absolute atomic E-state index is 0.333. The number of esters is 2. The summed E-state index contributed by atoms with van der Waals surface area (Å²) in [6, 6.07) is 0. The lowest BCUT2D eigenvalue weighted by Crippen LogP contribution is -2.33. The highest BCUT2D eigenvalue weighted by atomic mass is 16.6. The van der Waals surface area contributed by atoms with Crippen molar-refractivity contribution in [3.63, 3.8) is 0 Å². The number of carbonyl (C=O) groups excluding carboxylic acids is 2. The van der Waals surface area contributed by atoms with Crippen LogP contribution in [0.25, 0.3) is 0 Å². The van der Waals surface area contributed by atoms with Gasteiger partial charge in [-0.25, -0.2) is 9.59 Å². The number of hydrogen-bond donors (Lipinski definition) is 2. The van der Waals surface area contributed by atoms with Crippen molar-refractivity contribution in [3.8, 4) is 0 Å². The van der Waals surface area contributed by atoms with E-state index in [9.17, 15) is 14.7 Å². The molecule has 0 rings (SSSR count). The Bertz CT molecular complexity index is 276. The van der Waals surface area contributed by atoms with Crippen LogP contribution in [0.5, 0.6) is 0 Å². The van der Waals surface area contributed by atoms with Gasteiger partial charge in [0.1, 0.15) is 12.2 Å². The predicted octanol–water partition coefficient (Wildman–Crippen LogP) is 0.392. The fraction of sp³-hybridized carbons (Fsp3) is 0.833. The van der Waals surface area contributed by atoms with E-state index in [1.54, 1.807) is 6.92 Å². The van der Waals surface area contributed by atoms with Gasteiger partial charge in [-0.3, -0.25) is 0 Å². The third-order valence-electron chi connectivity index (χ3n) is 2.36. The molecule has 0 fully saturated rings. The molecule has 0 aromatic heterocycles. The smallest absolute Gasteiger partial charge is 0.347 e. The number of hydrogen-bond acceptors (Lipinski definition) is 6. The normalized spacial score (nSPS) is 17.4. The first-order chi connectivity index (χ1) is 8.27. The van der Waals surface area contributed by atoms with Gasteiger partial charge in [0.2, 0.25) is 0 Å². The quantitative estimate of drug-likeness (QED) is 0.645. The Morgan fingerprint density at radius 1 is 1.06 bits per heavy atom. The summed E-state index contributed by atoms with van der Waals surface area (Å²) in [5.41, 5.74) is 0. The largest absolute Gasteiger partial charge is 0.460 e. The standard InChI is InChI=1S/C12H22O6/c1-5-10(14)6-7(2)17-12(16)9(4)18-11(15)8(3)13/h7-10,13-14H,5-6H2,1-4H3. The van der Waals surface area contributed by atoms with Crippen molar-refractivity contribution in [1.82, 2.24) is 0 Å². The van der Waals surface area contributed by atoms with E-state index in [-0.39, 0.29) is 0 Å². The Morgan fingerprint density at radius 2 is 1.61 bits per heavy atom. The first kappa shape index (κ1) is 16.9. The van der Waals surface area contributed by atoms with Crippen LogP contribution in [0.3, 0.4) is 0 Å². The summed E-state index contributed by atoms with van der Waals surface area (Å²) in [6.07, 6.45) is -2.43. The summed E-state index contributed by atoms with van der Waals surface area (Å²) in [6.45, 7) is 6.10. The predicted molar refractivity (Wildman–Crippen MR) is 63.7 cm³/mol. The van der Waals surface area contributed by atoms with E-state index in [4.69, 9.17) is 9.84 Å². The number of carbonyl (C=O) groups is 2. The van der Waals surface area contributed by atoms with Crippen molar-refractivity contribution in [2.45, 2.75) is 65.0 Å². The van der Waals surface area contributed by atoms with Gasteiger partial charge in [0.15, 0.2) is 6.10 Å². The molecule has 0 aliphatic heterocycles. The Balaban J connectivity index is 4.11. The highest BCUT2D eigenvalue weighted by Gasteiger charge is 2.23. The van der Waals surface area contributed by atoms with Crippen LogP contribution in [-0.2, 0) is 19.1 Å². The van der Waals surface area contributed by atoms with Crippen LogP contribution in [0.15, 0.2) is 0 Å². The Hall–Kier alpha value is -1.14. The molecule has 0 heterocycles.